The highest BCUT2D eigenvalue weighted by Gasteiger charge is 2.19. The Kier molecular flexibility index (Phi) is 6.79. The highest BCUT2D eigenvalue weighted by molar-refractivity contribution is 6.11. The molecule has 11 aromatic rings. The van der Waals surface area contributed by atoms with Crippen molar-refractivity contribution in [1.29, 1.82) is 0 Å². The molecule has 0 saturated heterocycles. The third-order valence-corrected chi connectivity index (χ3v) is 10.5. The van der Waals surface area contributed by atoms with Gasteiger partial charge in [-0.3, -0.25) is 4.57 Å². The third kappa shape index (κ3) is 4.98. The molecule has 0 N–H and O–H groups in total. The molecule has 252 valence electrons. The number of benzene rings is 8. The summed E-state index contributed by atoms with van der Waals surface area (Å²) in [6.45, 7) is 0. The number of hydrogen-bond acceptors (Lipinski definition) is 4. The number of hydrogen-bond donors (Lipinski definition) is 0. The van der Waals surface area contributed by atoms with Gasteiger partial charge in [0.15, 0.2) is 11.6 Å². The molecule has 54 heavy (non-hydrogen) atoms. The Morgan fingerprint density at radius 1 is 0.333 bits per heavy atom. The van der Waals surface area contributed by atoms with Crippen LogP contribution in [0.15, 0.2) is 186 Å². The summed E-state index contributed by atoms with van der Waals surface area (Å²) in [6.07, 6.45) is 0. The lowest BCUT2D eigenvalue weighted by atomic mass is 9.99. The van der Waals surface area contributed by atoms with Crippen molar-refractivity contribution in [3.8, 4) is 51.0 Å². The Morgan fingerprint density at radius 3 is 1.50 bits per heavy atom. The molecule has 0 unspecified atom stereocenters. The molecule has 3 heterocycles. The maximum atomic E-state index is 6.57. The summed E-state index contributed by atoms with van der Waals surface area (Å²) in [5.41, 5.74) is 10.1. The fourth-order valence-corrected chi connectivity index (χ4v) is 7.77. The van der Waals surface area contributed by atoms with Crippen LogP contribution in [-0.2, 0) is 0 Å². The minimum Gasteiger partial charge on any atom is -0.456 e. The molecule has 0 aliphatic heterocycles. The van der Waals surface area contributed by atoms with E-state index >= 15 is 0 Å². The van der Waals surface area contributed by atoms with Gasteiger partial charge in [0.25, 0.3) is 0 Å². The van der Waals surface area contributed by atoms with Gasteiger partial charge in [-0.05, 0) is 75.5 Å². The second kappa shape index (κ2) is 12.1. The molecule has 5 heteroatoms. The van der Waals surface area contributed by atoms with Crippen LogP contribution in [0.1, 0.15) is 0 Å². The maximum Gasteiger partial charge on any atom is 0.238 e. The fraction of sp³-hybridized carbons (Fsp3) is 0. The summed E-state index contributed by atoms with van der Waals surface area (Å²) in [5.74, 6) is 1.82. The van der Waals surface area contributed by atoms with E-state index < -0.39 is 0 Å². The zero-order valence-electron chi connectivity index (χ0n) is 29.0. The molecule has 0 atom stereocenters. The first-order valence-corrected chi connectivity index (χ1v) is 18.1. The first-order chi connectivity index (χ1) is 26.7. The van der Waals surface area contributed by atoms with Crippen LogP contribution in [0.25, 0.3) is 105 Å². The Bertz CT molecular complexity index is 3160. The summed E-state index contributed by atoms with van der Waals surface area (Å²) in [6, 6.07) is 63.4. The summed E-state index contributed by atoms with van der Waals surface area (Å²) >= 11 is 0. The van der Waals surface area contributed by atoms with Crippen molar-refractivity contribution in [2.24, 2.45) is 0 Å². The van der Waals surface area contributed by atoms with Gasteiger partial charge in [-0.1, -0.05) is 140 Å². The number of aromatic nitrogens is 4. The Balaban J connectivity index is 1.06. The van der Waals surface area contributed by atoms with Gasteiger partial charge in [0.05, 0.1) is 11.0 Å². The average molecular weight is 691 g/mol. The van der Waals surface area contributed by atoms with Crippen molar-refractivity contribution in [2.75, 3.05) is 0 Å². The van der Waals surface area contributed by atoms with E-state index in [9.17, 15) is 0 Å². The van der Waals surface area contributed by atoms with Crippen molar-refractivity contribution in [3.63, 3.8) is 0 Å². The van der Waals surface area contributed by atoms with Crippen LogP contribution < -0.4 is 0 Å². The second-order valence-electron chi connectivity index (χ2n) is 13.7. The predicted octanol–water partition coefficient (Wildman–Crippen LogP) is 12.7. The van der Waals surface area contributed by atoms with Gasteiger partial charge in [0, 0.05) is 32.7 Å². The van der Waals surface area contributed by atoms with Crippen LogP contribution >= 0.6 is 0 Å². The summed E-state index contributed by atoms with van der Waals surface area (Å²) in [5, 5.41) is 6.93. The van der Waals surface area contributed by atoms with Gasteiger partial charge in [0.2, 0.25) is 5.95 Å². The molecule has 0 aliphatic rings. The molecule has 0 amide bonds. The lowest BCUT2D eigenvalue weighted by Crippen LogP contribution is -2.06. The number of fused-ring (bicyclic) bond motifs is 7. The number of nitrogens with zero attached hydrogens (tertiary/aromatic N) is 4. The monoisotopic (exact) mass is 690 g/mol. The van der Waals surface area contributed by atoms with E-state index in [2.05, 4.69) is 126 Å². The standard InChI is InChI=1S/C49H30N4O/c1-3-12-32(13-4-1)47-50-48(33-14-5-2-6-15-33)52-49(51-47)53-43-18-10-9-17-39(43)40-24-21-36(28-44(40)53)38-23-26-42-41-25-22-37(29-45(41)54-46(42)30-38)35-20-19-31-11-7-8-16-34(31)27-35/h1-30H. The van der Waals surface area contributed by atoms with E-state index in [0.29, 0.717) is 17.6 Å². The van der Waals surface area contributed by atoms with E-state index in [1.807, 2.05) is 60.7 Å². The molecule has 0 radical (unpaired) electrons. The summed E-state index contributed by atoms with van der Waals surface area (Å²) in [4.78, 5) is 15.2. The molecule has 0 spiro atoms. The van der Waals surface area contributed by atoms with E-state index in [4.69, 9.17) is 19.4 Å². The average Bonchev–Trinajstić information content (AvgIpc) is 3.78. The highest BCUT2D eigenvalue weighted by atomic mass is 16.3. The molecule has 0 aliphatic carbocycles. The van der Waals surface area contributed by atoms with Crippen LogP contribution in [0.3, 0.4) is 0 Å². The quantitative estimate of drug-likeness (QED) is 0.180. The van der Waals surface area contributed by atoms with Crippen LogP contribution in [0.4, 0.5) is 0 Å². The van der Waals surface area contributed by atoms with E-state index in [1.165, 1.54) is 16.3 Å². The van der Waals surface area contributed by atoms with Crippen molar-refractivity contribution in [3.05, 3.63) is 182 Å². The minimum atomic E-state index is 0.570. The first-order valence-electron chi connectivity index (χ1n) is 18.1. The topological polar surface area (TPSA) is 56.7 Å². The zero-order chi connectivity index (χ0) is 35.6. The van der Waals surface area contributed by atoms with Gasteiger partial charge in [-0.2, -0.15) is 9.97 Å². The van der Waals surface area contributed by atoms with E-state index in [1.54, 1.807) is 0 Å². The van der Waals surface area contributed by atoms with E-state index in [-0.39, 0.29) is 0 Å². The van der Waals surface area contributed by atoms with Crippen LogP contribution in [0.2, 0.25) is 0 Å². The molecule has 8 aromatic carbocycles. The number of para-hydroxylation sites is 1. The molecule has 11 rings (SSSR count). The van der Waals surface area contributed by atoms with Gasteiger partial charge < -0.3 is 4.42 Å². The van der Waals surface area contributed by atoms with Crippen LogP contribution in [0.5, 0.6) is 0 Å². The van der Waals surface area contributed by atoms with Crippen LogP contribution in [0, 0.1) is 0 Å². The SMILES string of the molecule is c1ccc(-c2nc(-c3ccccc3)nc(-n3c4ccccc4c4ccc(-c5ccc6c(c5)oc5cc(-c7ccc8ccccc8c7)ccc56)cc43)n2)cc1. The normalized spacial score (nSPS) is 11.7. The molecule has 0 bridgehead atoms. The fourth-order valence-electron chi connectivity index (χ4n) is 7.77. The van der Waals surface area contributed by atoms with Crippen molar-refractivity contribution < 1.29 is 4.42 Å². The smallest absolute Gasteiger partial charge is 0.238 e. The second-order valence-corrected chi connectivity index (χ2v) is 13.7. The van der Waals surface area contributed by atoms with Gasteiger partial charge >= 0.3 is 0 Å². The predicted molar refractivity (Wildman–Crippen MR) is 221 cm³/mol. The molecule has 5 nitrogen and oxygen atoms in total. The molecular weight excluding hydrogens is 661 g/mol. The Morgan fingerprint density at radius 2 is 0.833 bits per heavy atom. The molecule has 0 saturated carbocycles. The van der Waals surface area contributed by atoms with Crippen molar-refractivity contribution >= 4 is 54.5 Å². The molecule has 3 aromatic heterocycles. The van der Waals surface area contributed by atoms with E-state index in [0.717, 1.165) is 71.6 Å². The Labute approximate surface area is 310 Å². The maximum absolute atomic E-state index is 6.57. The first kappa shape index (κ1) is 30.3. The summed E-state index contributed by atoms with van der Waals surface area (Å²) in [7, 11) is 0. The zero-order valence-corrected chi connectivity index (χ0v) is 29.0. The number of rotatable bonds is 5. The van der Waals surface area contributed by atoms with Crippen molar-refractivity contribution in [1.82, 2.24) is 19.5 Å². The highest BCUT2D eigenvalue weighted by Crippen LogP contribution is 2.38. The molecule has 0 fully saturated rings. The lowest BCUT2D eigenvalue weighted by molar-refractivity contribution is 0.669. The van der Waals surface area contributed by atoms with Gasteiger partial charge in [-0.15, -0.1) is 0 Å². The summed E-state index contributed by atoms with van der Waals surface area (Å²) < 4.78 is 8.74. The third-order valence-electron chi connectivity index (χ3n) is 10.5. The Hall–Kier alpha value is -7.37. The van der Waals surface area contributed by atoms with Crippen molar-refractivity contribution in [2.45, 2.75) is 0 Å². The largest absolute Gasteiger partial charge is 0.456 e. The minimum absolute atomic E-state index is 0.570. The lowest BCUT2D eigenvalue weighted by Gasteiger charge is -2.11. The van der Waals surface area contributed by atoms with Gasteiger partial charge in [0.1, 0.15) is 11.2 Å². The molecular formula is C49H30N4O. The number of furan rings is 1. The van der Waals surface area contributed by atoms with Crippen LogP contribution in [-0.4, -0.2) is 19.5 Å². The van der Waals surface area contributed by atoms with Gasteiger partial charge in [-0.25, -0.2) is 4.98 Å².